The third kappa shape index (κ3) is 6.25. The molecule has 44 heavy (non-hydrogen) atoms. The van der Waals surface area contributed by atoms with Gasteiger partial charge in [-0.15, -0.1) is 0 Å². The van der Waals surface area contributed by atoms with Crippen molar-refractivity contribution in [2.45, 2.75) is 12.2 Å². The van der Waals surface area contributed by atoms with E-state index in [1.54, 1.807) is 0 Å². The molecule has 0 bridgehead atoms. The number of fused-ring (bicyclic) bond motifs is 2. The van der Waals surface area contributed by atoms with Gasteiger partial charge in [0.05, 0.1) is 23.9 Å². The van der Waals surface area contributed by atoms with Gasteiger partial charge in [-0.05, 0) is 24.3 Å². The molecule has 0 aliphatic rings. The quantitative estimate of drug-likeness (QED) is 0.115. The number of aliphatic hydroxyl groups is 3. The van der Waals surface area contributed by atoms with Crippen LogP contribution in [0.5, 0.6) is 0 Å². The number of hydrogen-bond donors (Lipinski definition) is 5. The predicted octanol–water partition coefficient (Wildman–Crippen LogP) is 4.49. The first-order valence-corrected chi connectivity index (χ1v) is 13.8. The fraction of sp³-hybridized carbons (Fsp3) is 0.0909. The zero-order valence-electron chi connectivity index (χ0n) is 23.4. The molecule has 0 fully saturated rings. The average Bonchev–Trinajstić information content (AvgIpc) is 3.09. The summed E-state index contributed by atoms with van der Waals surface area (Å²) >= 11 is 0. The van der Waals surface area contributed by atoms with E-state index in [1.807, 2.05) is 109 Å². The fourth-order valence-corrected chi connectivity index (χ4v) is 4.50. The van der Waals surface area contributed by atoms with E-state index in [0.29, 0.717) is 34.2 Å². The van der Waals surface area contributed by atoms with Gasteiger partial charge >= 0.3 is 0 Å². The van der Waals surface area contributed by atoms with E-state index in [9.17, 15) is 15.3 Å². The number of rotatable bonds is 10. The highest BCUT2D eigenvalue weighted by atomic mass is 16.4. The van der Waals surface area contributed by atoms with Crippen LogP contribution in [0, 0.1) is 0 Å². The van der Waals surface area contributed by atoms with Gasteiger partial charge in [0.1, 0.15) is 17.9 Å². The van der Waals surface area contributed by atoms with E-state index in [4.69, 9.17) is 0 Å². The number of hydrogen-bond acceptors (Lipinski definition) is 11. The smallest absolute Gasteiger partial charge is 0.162 e. The van der Waals surface area contributed by atoms with Crippen LogP contribution in [-0.2, 0) is 0 Å². The van der Waals surface area contributed by atoms with Crippen LogP contribution in [0.25, 0.3) is 44.6 Å². The molecule has 0 saturated heterocycles. The lowest BCUT2D eigenvalue weighted by Gasteiger charge is -2.16. The number of hydrazone groups is 2. The highest BCUT2D eigenvalue weighted by Gasteiger charge is 2.21. The van der Waals surface area contributed by atoms with Crippen molar-refractivity contribution in [1.82, 2.24) is 19.9 Å². The van der Waals surface area contributed by atoms with Crippen molar-refractivity contribution in [3.05, 3.63) is 109 Å². The number of aromatic nitrogens is 4. The van der Waals surface area contributed by atoms with Crippen LogP contribution in [0.1, 0.15) is 0 Å². The third-order valence-corrected chi connectivity index (χ3v) is 6.78. The largest absolute Gasteiger partial charge is 0.394 e. The Labute approximate surface area is 252 Å². The maximum Gasteiger partial charge on any atom is 0.162 e. The van der Waals surface area contributed by atoms with Gasteiger partial charge in [-0.2, -0.15) is 10.2 Å². The molecule has 11 heteroatoms. The second-order valence-electron chi connectivity index (χ2n) is 9.77. The molecule has 11 nitrogen and oxygen atoms in total. The van der Waals surface area contributed by atoms with Gasteiger partial charge in [-0.1, -0.05) is 84.9 Å². The molecule has 0 amide bonds. The molecule has 0 saturated carbocycles. The monoisotopic (exact) mass is 584 g/mol. The summed E-state index contributed by atoms with van der Waals surface area (Å²) in [5, 5.41) is 40.6. The summed E-state index contributed by atoms with van der Waals surface area (Å²) < 4.78 is 0. The molecular formula is C33H28N8O3. The van der Waals surface area contributed by atoms with Crippen LogP contribution in [0.3, 0.4) is 0 Å². The van der Waals surface area contributed by atoms with Gasteiger partial charge in [0.2, 0.25) is 0 Å². The van der Waals surface area contributed by atoms with Crippen LogP contribution in [-0.4, -0.2) is 66.0 Å². The SMILES string of the molecule is OC[C@@H](O)[C@H](O)C(/C=N/Nc1nc(-c2ccccc2)nc2ccccc12)=N\Nc1nc(-c2ccccc2)nc2ccccc12. The number of nitrogens with zero attached hydrogens (tertiary/aromatic N) is 6. The van der Waals surface area contributed by atoms with Crippen molar-refractivity contribution in [2.75, 3.05) is 17.5 Å². The average molecular weight is 585 g/mol. The maximum atomic E-state index is 10.8. The van der Waals surface area contributed by atoms with E-state index in [1.165, 1.54) is 6.21 Å². The first-order valence-electron chi connectivity index (χ1n) is 13.8. The first kappa shape index (κ1) is 28.5. The van der Waals surface area contributed by atoms with Gasteiger partial charge < -0.3 is 15.3 Å². The van der Waals surface area contributed by atoms with E-state index in [-0.39, 0.29) is 5.71 Å². The minimum Gasteiger partial charge on any atom is -0.394 e. The van der Waals surface area contributed by atoms with Crippen molar-refractivity contribution < 1.29 is 15.3 Å². The first-order chi connectivity index (χ1) is 21.6. The van der Waals surface area contributed by atoms with Crippen molar-refractivity contribution in [3.63, 3.8) is 0 Å². The number of para-hydroxylation sites is 2. The van der Waals surface area contributed by atoms with Crippen molar-refractivity contribution in [2.24, 2.45) is 10.2 Å². The standard InChI is InChI=1S/C33H28N8O3/c42-20-28(43)29(44)27(39-41-33-24-16-8-10-18-26(24)36-31(38-33)22-13-5-2-6-14-22)19-34-40-32-23-15-7-9-17-25(23)35-30(37-32)21-11-3-1-4-12-21/h1-19,28-29,42-44H,20H2,(H,35,37,40)(H,36,38,41)/b34-19+,39-27-/t28-,29-/m1/s1. The predicted molar refractivity (Wildman–Crippen MR) is 172 cm³/mol. The molecule has 0 radical (unpaired) electrons. The summed E-state index contributed by atoms with van der Waals surface area (Å²) in [5.41, 5.74) is 8.83. The number of aliphatic hydroxyl groups excluding tert-OH is 3. The number of nitrogens with one attached hydrogen (secondary N) is 2. The summed E-state index contributed by atoms with van der Waals surface area (Å²) in [7, 11) is 0. The summed E-state index contributed by atoms with van der Waals surface area (Å²) in [6, 6.07) is 34.0. The van der Waals surface area contributed by atoms with E-state index >= 15 is 0 Å². The zero-order chi connectivity index (χ0) is 30.3. The lowest BCUT2D eigenvalue weighted by Crippen LogP contribution is -2.37. The summed E-state index contributed by atoms with van der Waals surface area (Å²) in [6.07, 6.45) is -1.83. The van der Waals surface area contributed by atoms with Gasteiger partial charge in [0.15, 0.2) is 23.3 Å². The normalized spacial score (nSPS) is 13.3. The highest BCUT2D eigenvalue weighted by Crippen LogP contribution is 2.26. The van der Waals surface area contributed by atoms with Crippen LogP contribution in [0.4, 0.5) is 11.6 Å². The van der Waals surface area contributed by atoms with Crippen molar-refractivity contribution in [1.29, 1.82) is 0 Å². The number of anilines is 2. The summed E-state index contributed by atoms with van der Waals surface area (Å²) in [6.45, 7) is -0.687. The third-order valence-electron chi connectivity index (χ3n) is 6.78. The van der Waals surface area contributed by atoms with Crippen LogP contribution in [0.15, 0.2) is 119 Å². The second-order valence-corrected chi connectivity index (χ2v) is 9.77. The Morgan fingerprint density at radius 3 is 1.64 bits per heavy atom. The molecule has 0 aliphatic heterocycles. The van der Waals surface area contributed by atoms with Gasteiger partial charge in [-0.3, -0.25) is 10.9 Å². The van der Waals surface area contributed by atoms with Gasteiger partial charge in [0, 0.05) is 21.9 Å². The molecule has 2 atom stereocenters. The Hall–Kier alpha value is -5.62. The lowest BCUT2D eigenvalue weighted by atomic mass is 10.1. The topological polar surface area (TPSA) is 161 Å². The Morgan fingerprint density at radius 1 is 0.636 bits per heavy atom. The molecule has 0 aliphatic carbocycles. The van der Waals surface area contributed by atoms with Gasteiger partial charge in [-0.25, -0.2) is 19.9 Å². The maximum absolute atomic E-state index is 10.8. The summed E-state index contributed by atoms with van der Waals surface area (Å²) in [5.74, 6) is 1.82. The summed E-state index contributed by atoms with van der Waals surface area (Å²) in [4.78, 5) is 18.7. The Bertz CT molecular complexity index is 1950. The lowest BCUT2D eigenvalue weighted by molar-refractivity contribution is 0.0193. The molecule has 6 rings (SSSR count). The minimum atomic E-state index is -1.57. The molecule has 5 N–H and O–H groups in total. The molecule has 0 unspecified atom stereocenters. The van der Waals surface area contributed by atoms with E-state index in [2.05, 4.69) is 41.0 Å². The molecule has 2 heterocycles. The zero-order valence-corrected chi connectivity index (χ0v) is 23.4. The number of benzene rings is 4. The van der Waals surface area contributed by atoms with E-state index < -0.39 is 18.8 Å². The molecule has 6 aromatic rings. The molecule has 2 aromatic heterocycles. The Kier molecular flexibility index (Phi) is 8.50. The van der Waals surface area contributed by atoms with Crippen LogP contribution in [0.2, 0.25) is 0 Å². The molecule has 0 spiro atoms. The Morgan fingerprint density at radius 2 is 1.11 bits per heavy atom. The molecular weight excluding hydrogens is 556 g/mol. The van der Waals surface area contributed by atoms with Crippen LogP contribution < -0.4 is 10.9 Å². The fourth-order valence-electron chi connectivity index (χ4n) is 4.50. The Balaban J connectivity index is 1.34. The van der Waals surface area contributed by atoms with Crippen molar-refractivity contribution in [3.8, 4) is 22.8 Å². The van der Waals surface area contributed by atoms with Crippen molar-refractivity contribution >= 4 is 45.4 Å². The molecule has 218 valence electrons. The minimum absolute atomic E-state index is 0.0651. The van der Waals surface area contributed by atoms with E-state index in [0.717, 1.165) is 22.0 Å². The van der Waals surface area contributed by atoms with Crippen LogP contribution >= 0.6 is 0 Å². The molecule has 4 aromatic carbocycles. The van der Waals surface area contributed by atoms with Gasteiger partial charge in [0.25, 0.3) is 0 Å². The highest BCUT2D eigenvalue weighted by molar-refractivity contribution is 6.33. The second kappa shape index (κ2) is 13.1.